The molecule has 25 heavy (non-hydrogen) atoms. The molecule has 0 unspecified atom stereocenters. The molecule has 0 aliphatic heterocycles. The van der Waals surface area contributed by atoms with Crippen molar-refractivity contribution in [1.82, 2.24) is 15.0 Å². The summed E-state index contributed by atoms with van der Waals surface area (Å²) in [6.45, 7) is 1.95. The largest absolute Gasteiger partial charge is 0.453 e. The minimum absolute atomic E-state index is 0.227. The molecule has 0 spiro atoms. The molecule has 0 saturated heterocycles. The van der Waals surface area contributed by atoms with Crippen molar-refractivity contribution in [2.24, 2.45) is 0 Å². The average Bonchev–Trinajstić information content (AvgIpc) is 2.61. The second-order valence-corrected chi connectivity index (χ2v) is 5.38. The Balaban J connectivity index is 2.04. The highest BCUT2D eigenvalue weighted by Crippen LogP contribution is 2.25. The molecule has 3 aromatic heterocycles. The molecule has 0 atom stereocenters. The summed E-state index contributed by atoms with van der Waals surface area (Å²) < 4.78 is 4.56. The summed E-state index contributed by atoms with van der Waals surface area (Å²) in [5.41, 5.74) is 3.75. The van der Waals surface area contributed by atoms with Gasteiger partial charge in [0, 0.05) is 30.2 Å². The summed E-state index contributed by atoms with van der Waals surface area (Å²) in [4.78, 5) is 34.4. The van der Waals surface area contributed by atoms with Crippen LogP contribution >= 0.6 is 0 Å². The maximum Gasteiger partial charge on any atom is 0.412 e. The van der Waals surface area contributed by atoms with Crippen molar-refractivity contribution in [2.45, 2.75) is 6.92 Å². The predicted molar refractivity (Wildman–Crippen MR) is 94.3 cm³/mol. The summed E-state index contributed by atoms with van der Waals surface area (Å²) in [5.74, 6) is 0.337. The van der Waals surface area contributed by atoms with E-state index in [1.807, 2.05) is 19.1 Å². The Kier molecular flexibility index (Phi) is 4.56. The minimum atomic E-state index is -0.609. The van der Waals surface area contributed by atoms with Gasteiger partial charge in [-0.05, 0) is 47.9 Å². The van der Waals surface area contributed by atoms with E-state index in [-0.39, 0.29) is 5.56 Å². The molecule has 0 aromatic carbocycles. The third kappa shape index (κ3) is 3.72. The Morgan fingerprint density at radius 1 is 1.16 bits per heavy atom. The van der Waals surface area contributed by atoms with Gasteiger partial charge in [0.1, 0.15) is 5.82 Å². The lowest BCUT2D eigenvalue weighted by atomic mass is 10.0. The number of nitrogens with one attached hydrogen (secondary N) is 2. The van der Waals surface area contributed by atoms with Crippen LogP contribution in [0.25, 0.3) is 22.4 Å². The molecular formula is C18H16N4O3. The van der Waals surface area contributed by atoms with Crippen LogP contribution in [-0.2, 0) is 4.74 Å². The molecule has 0 saturated carbocycles. The van der Waals surface area contributed by atoms with E-state index in [2.05, 4.69) is 25.0 Å². The third-order valence-corrected chi connectivity index (χ3v) is 3.68. The Labute approximate surface area is 143 Å². The van der Waals surface area contributed by atoms with Crippen LogP contribution in [0.5, 0.6) is 0 Å². The molecule has 0 bridgehead atoms. The van der Waals surface area contributed by atoms with Crippen molar-refractivity contribution < 1.29 is 9.53 Å². The Morgan fingerprint density at radius 3 is 2.76 bits per heavy atom. The van der Waals surface area contributed by atoms with Crippen molar-refractivity contribution in [1.29, 1.82) is 0 Å². The number of H-pyrrole nitrogens is 1. The lowest BCUT2D eigenvalue weighted by Crippen LogP contribution is -2.12. The molecular weight excluding hydrogens is 320 g/mol. The van der Waals surface area contributed by atoms with Crippen molar-refractivity contribution in [3.8, 4) is 22.4 Å². The lowest BCUT2D eigenvalue weighted by Gasteiger charge is -2.09. The maximum absolute atomic E-state index is 12.1. The fourth-order valence-electron chi connectivity index (χ4n) is 2.44. The fraction of sp³-hybridized carbons (Fsp3) is 0.111. The molecule has 3 heterocycles. The van der Waals surface area contributed by atoms with Crippen LogP contribution in [0.1, 0.15) is 5.56 Å². The van der Waals surface area contributed by atoms with Gasteiger partial charge in [-0.1, -0.05) is 0 Å². The van der Waals surface area contributed by atoms with E-state index < -0.39 is 6.09 Å². The van der Waals surface area contributed by atoms with Crippen molar-refractivity contribution in [3.63, 3.8) is 0 Å². The molecule has 3 rings (SSSR count). The number of nitrogens with zero attached hydrogens (tertiary/aromatic N) is 2. The van der Waals surface area contributed by atoms with Crippen molar-refractivity contribution in [2.75, 3.05) is 12.4 Å². The van der Waals surface area contributed by atoms with Gasteiger partial charge in [-0.15, -0.1) is 0 Å². The van der Waals surface area contributed by atoms with Gasteiger partial charge in [0.05, 0.1) is 12.8 Å². The van der Waals surface area contributed by atoms with E-state index in [9.17, 15) is 9.59 Å². The van der Waals surface area contributed by atoms with Gasteiger partial charge in [-0.3, -0.25) is 15.1 Å². The number of hydrogen-bond acceptors (Lipinski definition) is 5. The highest BCUT2D eigenvalue weighted by molar-refractivity contribution is 5.84. The number of aromatic nitrogens is 3. The van der Waals surface area contributed by atoms with E-state index in [1.165, 1.54) is 13.2 Å². The zero-order valence-corrected chi connectivity index (χ0v) is 13.7. The quantitative estimate of drug-likeness (QED) is 0.766. The monoisotopic (exact) mass is 336 g/mol. The Bertz CT molecular complexity index is 982. The van der Waals surface area contributed by atoms with E-state index in [4.69, 9.17) is 0 Å². The number of carbonyl (C=O) groups excluding carboxylic acids is 1. The first-order chi connectivity index (χ1) is 12.1. The number of aromatic amines is 1. The first kappa shape index (κ1) is 16.4. The smallest absolute Gasteiger partial charge is 0.412 e. The van der Waals surface area contributed by atoms with Crippen LogP contribution < -0.4 is 10.9 Å². The maximum atomic E-state index is 12.1. The Hall–Kier alpha value is -3.48. The molecule has 0 aliphatic rings. The van der Waals surface area contributed by atoms with Gasteiger partial charge < -0.3 is 9.72 Å². The van der Waals surface area contributed by atoms with E-state index in [0.717, 1.165) is 16.7 Å². The predicted octanol–water partition coefficient (Wildman–Crippen LogP) is 2.99. The van der Waals surface area contributed by atoms with Gasteiger partial charge in [0.2, 0.25) is 5.56 Å². The number of amides is 1. The lowest BCUT2D eigenvalue weighted by molar-refractivity contribution is 0.187. The SMILES string of the molecule is COC(=O)Nc1cc(-c2cc(-c3cnccc3C)[nH]c(=O)c2)ccn1. The van der Waals surface area contributed by atoms with Gasteiger partial charge >= 0.3 is 6.09 Å². The van der Waals surface area contributed by atoms with Gasteiger partial charge in [-0.2, -0.15) is 0 Å². The zero-order chi connectivity index (χ0) is 17.8. The molecule has 0 fully saturated rings. The van der Waals surface area contributed by atoms with Gasteiger partial charge in [0.25, 0.3) is 0 Å². The summed E-state index contributed by atoms with van der Waals surface area (Å²) in [6, 6.07) is 8.67. The number of rotatable bonds is 3. The Morgan fingerprint density at radius 2 is 2.00 bits per heavy atom. The van der Waals surface area contributed by atoms with Crippen molar-refractivity contribution >= 4 is 11.9 Å². The molecule has 1 amide bonds. The highest BCUT2D eigenvalue weighted by Gasteiger charge is 2.09. The summed E-state index contributed by atoms with van der Waals surface area (Å²) in [5, 5.41) is 2.50. The number of pyridine rings is 3. The second kappa shape index (κ2) is 6.96. The van der Waals surface area contributed by atoms with Gasteiger partial charge in [0.15, 0.2) is 0 Å². The number of ether oxygens (including phenoxy) is 1. The van der Waals surface area contributed by atoms with Crippen LogP contribution in [-0.4, -0.2) is 28.2 Å². The molecule has 7 heteroatoms. The number of hydrogen-bond donors (Lipinski definition) is 2. The first-order valence-corrected chi connectivity index (χ1v) is 7.53. The summed E-state index contributed by atoms with van der Waals surface area (Å²) in [7, 11) is 1.28. The van der Waals surface area contributed by atoms with E-state index in [1.54, 1.807) is 30.7 Å². The zero-order valence-electron chi connectivity index (χ0n) is 13.7. The fourth-order valence-corrected chi connectivity index (χ4v) is 2.44. The summed E-state index contributed by atoms with van der Waals surface area (Å²) >= 11 is 0. The summed E-state index contributed by atoms with van der Waals surface area (Å²) in [6.07, 6.45) is 4.36. The average molecular weight is 336 g/mol. The van der Waals surface area contributed by atoms with E-state index in [0.29, 0.717) is 17.1 Å². The first-order valence-electron chi connectivity index (χ1n) is 7.53. The highest BCUT2D eigenvalue weighted by atomic mass is 16.5. The number of methoxy groups -OCH3 is 1. The van der Waals surface area contributed by atoms with Crippen LogP contribution in [0, 0.1) is 6.92 Å². The van der Waals surface area contributed by atoms with Crippen LogP contribution in [0.3, 0.4) is 0 Å². The topological polar surface area (TPSA) is 97.0 Å². The molecule has 0 radical (unpaired) electrons. The van der Waals surface area contributed by atoms with Crippen LogP contribution in [0.4, 0.5) is 10.6 Å². The van der Waals surface area contributed by atoms with Crippen molar-refractivity contribution in [3.05, 3.63) is 64.8 Å². The van der Waals surface area contributed by atoms with Crippen LogP contribution in [0.2, 0.25) is 0 Å². The molecule has 3 aromatic rings. The molecule has 7 nitrogen and oxygen atoms in total. The number of aryl methyl sites for hydroxylation is 1. The molecule has 126 valence electrons. The second-order valence-electron chi connectivity index (χ2n) is 5.38. The molecule has 0 aliphatic carbocycles. The number of carbonyl (C=O) groups is 1. The van der Waals surface area contributed by atoms with Gasteiger partial charge in [-0.25, -0.2) is 9.78 Å². The van der Waals surface area contributed by atoms with E-state index >= 15 is 0 Å². The van der Waals surface area contributed by atoms with Crippen LogP contribution in [0.15, 0.2) is 53.7 Å². The molecule has 2 N–H and O–H groups in total. The third-order valence-electron chi connectivity index (χ3n) is 3.68. The minimum Gasteiger partial charge on any atom is -0.453 e. The normalized spacial score (nSPS) is 10.3. The number of anilines is 1. The standard InChI is InChI=1S/C18H16N4O3/c1-11-3-5-19-10-14(11)15-7-13(9-17(23)21-15)12-4-6-20-16(8-12)22-18(24)25-2/h3-10H,1-2H3,(H,21,23)(H,20,22,24).